The fourth-order valence-electron chi connectivity index (χ4n) is 2.08. The molecule has 0 aliphatic rings. The molecule has 0 aliphatic heterocycles. The van der Waals surface area contributed by atoms with E-state index in [0.717, 1.165) is 32.4 Å². The van der Waals surface area contributed by atoms with Crippen LogP contribution in [0.4, 0.5) is 0 Å². The van der Waals surface area contributed by atoms with Crippen molar-refractivity contribution < 1.29 is 0 Å². The van der Waals surface area contributed by atoms with Gasteiger partial charge in [0.05, 0.1) is 5.84 Å². The van der Waals surface area contributed by atoms with Crippen LogP contribution in [0.5, 0.6) is 0 Å². The van der Waals surface area contributed by atoms with Crippen molar-refractivity contribution in [2.75, 3.05) is 13.6 Å². The Balaban J connectivity index is 2.29. The van der Waals surface area contributed by atoms with Crippen molar-refractivity contribution >= 4 is 21.8 Å². The minimum absolute atomic E-state index is 0.166. The van der Waals surface area contributed by atoms with E-state index in [1.54, 1.807) is 0 Å². The van der Waals surface area contributed by atoms with Gasteiger partial charge in [-0.2, -0.15) is 0 Å². The molecule has 1 aromatic rings. The van der Waals surface area contributed by atoms with Crippen LogP contribution in [-0.2, 0) is 6.54 Å². The van der Waals surface area contributed by atoms with E-state index in [0.29, 0.717) is 5.84 Å². The van der Waals surface area contributed by atoms with Gasteiger partial charge in [0.2, 0.25) is 0 Å². The molecular weight excluding hydrogens is 314 g/mol. The summed E-state index contributed by atoms with van der Waals surface area (Å²) in [6.07, 6.45) is 3.22. The number of nitrogens with one attached hydrogen (secondary N) is 1. The van der Waals surface area contributed by atoms with Crippen LogP contribution in [0.2, 0.25) is 0 Å². The molecule has 0 fully saturated rings. The number of benzene rings is 1. The lowest BCUT2D eigenvalue weighted by molar-refractivity contribution is 0.308. The lowest BCUT2D eigenvalue weighted by Gasteiger charge is -2.23. The molecule has 1 rings (SSSR count). The van der Waals surface area contributed by atoms with E-state index < -0.39 is 0 Å². The van der Waals surface area contributed by atoms with Crippen LogP contribution < -0.4 is 5.73 Å². The smallest absolute Gasteiger partial charge is 0.0963 e. The van der Waals surface area contributed by atoms with Gasteiger partial charge in [-0.25, -0.2) is 0 Å². The fourth-order valence-corrected chi connectivity index (χ4v) is 2.49. The van der Waals surface area contributed by atoms with E-state index in [1.807, 2.05) is 19.9 Å². The van der Waals surface area contributed by atoms with Gasteiger partial charge in [0.25, 0.3) is 0 Å². The zero-order valence-electron chi connectivity index (χ0n) is 12.7. The van der Waals surface area contributed by atoms with E-state index in [1.165, 1.54) is 10.0 Å². The zero-order chi connectivity index (χ0) is 15.2. The summed E-state index contributed by atoms with van der Waals surface area (Å²) >= 11 is 3.58. The largest absolute Gasteiger partial charge is 0.387 e. The standard InChI is InChI=1S/C16H26BrN3/c1-16(2,15(18)19)10-6-7-11-20(3)12-13-8-4-5-9-14(13)17/h4-5,8-9H,6-7,10-12H2,1-3H3,(H3,18,19). The average molecular weight is 340 g/mol. The molecule has 0 heterocycles. The highest BCUT2D eigenvalue weighted by molar-refractivity contribution is 9.10. The number of rotatable bonds is 8. The third-order valence-electron chi connectivity index (χ3n) is 3.72. The maximum Gasteiger partial charge on any atom is 0.0963 e. The summed E-state index contributed by atoms with van der Waals surface area (Å²) < 4.78 is 1.17. The van der Waals surface area contributed by atoms with Crippen molar-refractivity contribution in [3.8, 4) is 0 Å². The summed E-state index contributed by atoms with van der Waals surface area (Å²) in [7, 11) is 2.15. The van der Waals surface area contributed by atoms with Crippen LogP contribution >= 0.6 is 15.9 Å². The molecule has 1 aromatic carbocycles. The molecule has 0 spiro atoms. The summed E-state index contributed by atoms with van der Waals surface area (Å²) in [4.78, 5) is 2.33. The number of amidine groups is 1. The summed E-state index contributed by atoms with van der Waals surface area (Å²) in [5, 5.41) is 7.55. The summed E-state index contributed by atoms with van der Waals surface area (Å²) in [6, 6.07) is 8.35. The first-order valence-electron chi connectivity index (χ1n) is 7.09. The first-order chi connectivity index (χ1) is 9.33. The van der Waals surface area contributed by atoms with Gasteiger partial charge in [0, 0.05) is 16.4 Å². The molecule has 0 saturated carbocycles. The van der Waals surface area contributed by atoms with Gasteiger partial charge in [0.1, 0.15) is 0 Å². The monoisotopic (exact) mass is 339 g/mol. The number of halogens is 1. The molecule has 0 saturated heterocycles. The maximum atomic E-state index is 7.55. The third-order valence-corrected chi connectivity index (χ3v) is 4.49. The molecule has 112 valence electrons. The topological polar surface area (TPSA) is 53.1 Å². The van der Waals surface area contributed by atoms with Crippen molar-refractivity contribution in [2.45, 2.75) is 39.7 Å². The Morgan fingerprint density at radius 1 is 1.30 bits per heavy atom. The number of hydrogen-bond acceptors (Lipinski definition) is 2. The lowest BCUT2D eigenvalue weighted by Crippen LogP contribution is -2.31. The van der Waals surface area contributed by atoms with E-state index in [2.05, 4.69) is 46.1 Å². The Kier molecular flexibility index (Phi) is 6.69. The van der Waals surface area contributed by atoms with E-state index in [9.17, 15) is 0 Å². The highest BCUT2D eigenvalue weighted by Crippen LogP contribution is 2.23. The van der Waals surface area contributed by atoms with Crippen molar-refractivity contribution in [2.24, 2.45) is 11.1 Å². The summed E-state index contributed by atoms with van der Waals surface area (Å²) in [6.45, 7) is 6.10. The van der Waals surface area contributed by atoms with E-state index >= 15 is 0 Å². The molecule has 3 N–H and O–H groups in total. The lowest BCUT2D eigenvalue weighted by atomic mass is 9.86. The van der Waals surface area contributed by atoms with Gasteiger partial charge in [0.15, 0.2) is 0 Å². The van der Waals surface area contributed by atoms with E-state index in [4.69, 9.17) is 11.1 Å². The molecule has 0 bridgehead atoms. The van der Waals surface area contributed by atoms with Crippen molar-refractivity contribution in [3.63, 3.8) is 0 Å². The predicted octanol–water partition coefficient (Wildman–Crippen LogP) is 4.01. The molecule has 0 aromatic heterocycles. The molecule has 4 heteroatoms. The Morgan fingerprint density at radius 3 is 2.55 bits per heavy atom. The predicted molar refractivity (Wildman–Crippen MR) is 90.0 cm³/mol. The third kappa shape index (κ3) is 5.63. The average Bonchev–Trinajstić information content (AvgIpc) is 2.37. The highest BCUT2D eigenvalue weighted by atomic mass is 79.9. The fraction of sp³-hybridized carbons (Fsp3) is 0.562. The highest BCUT2D eigenvalue weighted by Gasteiger charge is 2.20. The van der Waals surface area contributed by atoms with Crippen LogP contribution in [0.25, 0.3) is 0 Å². The van der Waals surface area contributed by atoms with Gasteiger partial charge < -0.3 is 10.6 Å². The van der Waals surface area contributed by atoms with Gasteiger partial charge >= 0.3 is 0 Å². The molecule has 3 nitrogen and oxygen atoms in total. The Morgan fingerprint density at radius 2 is 1.95 bits per heavy atom. The van der Waals surface area contributed by atoms with Gasteiger partial charge in [-0.3, -0.25) is 5.41 Å². The molecule has 0 atom stereocenters. The summed E-state index contributed by atoms with van der Waals surface area (Å²) in [5.74, 6) is 0.291. The minimum atomic E-state index is -0.166. The van der Waals surface area contributed by atoms with Crippen LogP contribution in [0.1, 0.15) is 38.7 Å². The normalized spacial score (nSPS) is 11.8. The van der Waals surface area contributed by atoms with Gasteiger partial charge in [-0.05, 0) is 38.1 Å². The second-order valence-electron chi connectivity index (χ2n) is 6.08. The Bertz CT molecular complexity index is 443. The molecule has 0 amide bonds. The number of nitrogens with zero attached hydrogens (tertiary/aromatic N) is 1. The maximum absolute atomic E-state index is 7.55. The minimum Gasteiger partial charge on any atom is -0.387 e. The Labute approximate surface area is 131 Å². The second-order valence-corrected chi connectivity index (χ2v) is 6.94. The van der Waals surface area contributed by atoms with E-state index in [-0.39, 0.29) is 5.41 Å². The Hall–Kier alpha value is -0.870. The summed E-state index contributed by atoms with van der Waals surface area (Å²) in [5.41, 5.74) is 6.75. The molecule has 0 aliphatic carbocycles. The zero-order valence-corrected chi connectivity index (χ0v) is 14.3. The number of hydrogen-bond donors (Lipinski definition) is 2. The van der Waals surface area contributed by atoms with Crippen LogP contribution in [-0.4, -0.2) is 24.3 Å². The van der Waals surface area contributed by atoms with Crippen LogP contribution in [0.3, 0.4) is 0 Å². The molecule has 0 unspecified atom stereocenters. The van der Waals surface area contributed by atoms with Crippen LogP contribution in [0.15, 0.2) is 28.7 Å². The van der Waals surface area contributed by atoms with Gasteiger partial charge in [-0.1, -0.05) is 54.4 Å². The van der Waals surface area contributed by atoms with Crippen molar-refractivity contribution in [1.82, 2.24) is 4.90 Å². The first kappa shape index (κ1) is 17.2. The first-order valence-corrected chi connectivity index (χ1v) is 7.88. The second kappa shape index (κ2) is 7.79. The molecule has 20 heavy (non-hydrogen) atoms. The van der Waals surface area contributed by atoms with Crippen molar-refractivity contribution in [3.05, 3.63) is 34.3 Å². The van der Waals surface area contributed by atoms with Gasteiger partial charge in [-0.15, -0.1) is 0 Å². The number of nitrogens with two attached hydrogens (primary N) is 1. The quantitative estimate of drug-likeness (QED) is 0.427. The van der Waals surface area contributed by atoms with Crippen LogP contribution in [0, 0.1) is 10.8 Å². The molecular formula is C16H26BrN3. The molecule has 0 radical (unpaired) electrons. The number of unbranched alkanes of at least 4 members (excludes halogenated alkanes) is 1. The van der Waals surface area contributed by atoms with Crippen molar-refractivity contribution in [1.29, 1.82) is 5.41 Å². The SMILES string of the molecule is CN(CCCCC(C)(C)C(=N)N)Cc1ccccc1Br.